The standard InChI is InChI=1S/C18H37NO/c1-13(2)14(3)12-15(19-18(7,8)9)10-11-16(20)17(4,5)6/h13-15,19H,10-12H2,1-9H3. The minimum atomic E-state index is -0.212. The number of hydrogen-bond donors (Lipinski definition) is 1. The summed E-state index contributed by atoms with van der Waals surface area (Å²) in [7, 11) is 0. The van der Waals surface area contributed by atoms with Gasteiger partial charge >= 0.3 is 0 Å². The van der Waals surface area contributed by atoms with Gasteiger partial charge in [0.1, 0.15) is 5.78 Å². The average Bonchev–Trinajstić information content (AvgIpc) is 2.21. The van der Waals surface area contributed by atoms with Crippen molar-refractivity contribution in [3.63, 3.8) is 0 Å². The molecule has 1 N–H and O–H groups in total. The minimum absolute atomic E-state index is 0.103. The van der Waals surface area contributed by atoms with Crippen molar-refractivity contribution in [3.8, 4) is 0 Å². The van der Waals surface area contributed by atoms with Gasteiger partial charge in [0.2, 0.25) is 0 Å². The van der Waals surface area contributed by atoms with Crippen LogP contribution in [0.25, 0.3) is 0 Å². The Morgan fingerprint density at radius 3 is 1.85 bits per heavy atom. The molecule has 0 amide bonds. The monoisotopic (exact) mass is 283 g/mol. The van der Waals surface area contributed by atoms with Gasteiger partial charge in [-0.25, -0.2) is 0 Å². The van der Waals surface area contributed by atoms with Crippen LogP contribution in [0.15, 0.2) is 0 Å². The number of carbonyl (C=O) groups excluding carboxylic acids is 1. The fraction of sp³-hybridized carbons (Fsp3) is 0.944. The van der Waals surface area contributed by atoms with Crippen LogP contribution in [0.4, 0.5) is 0 Å². The van der Waals surface area contributed by atoms with E-state index in [0.717, 1.165) is 12.8 Å². The Kier molecular flexibility index (Phi) is 7.44. The van der Waals surface area contributed by atoms with Crippen LogP contribution >= 0.6 is 0 Å². The second-order valence-electron chi connectivity index (χ2n) is 8.76. The average molecular weight is 284 g/mol. The molecule has 0 aromatic rings. The van der Waals surface area contributed by atoms with Gasteiger partial charge in [-0.1, -0.05) is 41.5 Å². The zero-order chi connectivity index (χ0) is 16.1. The maximum atomic E-state index is 12.1. The quantitative estimate of drug-likeness (QED) is 0.725. The van der Waals surface area contributed by atoms with E-state index in [-0.39, 0.29) is 11.0 Å². The molecule has 0 rings (SSSR count). The van der Waals surface area contributed by atoms with Crippen molar-refractivity contribution in [1.82, 2.24) is 5.32 Å². The van der Waals surface area contributed by atoms with Gasteiger partial charge in [-0.2, -0.15) is 0 Å². The lowest BCUT2D eigenvalue weighted by Gasteiger charge is -2.32. The van der Waals surface area contributed by atoms with Gasteiger partial charge in [-0.05, 0) is 45.4 Å². The van der Waals surface area contributed by atoms with Crippen LogP contribution in [0, 0.1) is 17.3 Å². The Labute approximate surface area is 127 Å². The molecule has 0 aromatic heterocycles. The summed E-state index contributed by atoms with van der Waals surface area (Å²) in [6.07, 6.45) is 2.78. The largest absolute Gasteiger partial charge is 0.309 e. The third-order valence-electron chi connectivity index (χ3n) is 3.99. The van der Waals surface area contributed by atoms with Gasteiger partial charge < -0.3 is 5.32 Å². The molecule has 0 aliphatic heterocycles. The molecule has 120 valence electrons. The highest BCUT2D eigenvalue weighted by atomic mass is 16.1. The summed E-state index contributed by atoms with van der Waals surface area (Å²) < 4.78 is 0. The van der Waals surface area contributed by atoms with Gasteiger partial charge in [-0.15, -0.1) is 0 Å². The van der Waals surface area contributed by atoms with Crippen LogP contribution in [0.5, 0.6) is 0 Å². The summed E-state index contributed by atoms with van der Waals surface area (Å²) >= 11 is 0. The third kappa shape index (κ3) is 8.73. The minimum Gasteiger partial charge on any atom is -0.309 e. The normalized spacial score (nSPS) is 16.3. The summed E-state index contributed by atoms with van der Waals surface area (Å²) in [5, 5.41) is 3.70. The van der Waals surface area contributed by atoms with Gasteiger partial charge in [0, 0.05) is 23.4 Å². The Morgan fingerprint density at radius 1 is 1.00 bits per heavy atom. The van der Waals surface area contributed by atoms with Gasteiger partial charge in [0.05, 0.1) is 0 Å². The molecule has 20 heavy (non-hydrogen) atoms. The zero-order valence-corrected chi connectivity index (χ0v) is 15.3. The predicted molar refractivity (Wildman–Crippen MR) is 89.0 cm³/mol. The highest BCUT2D eigenvalue weighted by Gasteiger charge is 2.25. The number of nitrogens with one attached hydrogen (secondary N) is 1. The van der Waals surface area contributed by atoms with Crippen LogP contribution in [-0.2, 0) is 4.79 Å². The molecule has 2 nitrogen and oxygen atoms in total. The van der Waals surface area contributed by atoms with Crippen molar-refractivity contribution in [3.05, 3.63) is 0 Å². The summed E-state index contributed by atoms with van der Waals surface area (Å²) in [6.45, 7) is 19.5. The molecule has 0 saturated heterocycles. The smallest absolute Gasteiger partial charge is 0.138 e. The molecule has 0 aliphatic carbocycles. The van der Waals surface area contributed by atoms with Crippen LogP contribution in [-0.4, -0.2) is 17.4 Å². The molecule has 0 aromatic carbocycles. The molecule has 2 heteroatoms. The lowest BCUT2D eigenvalue weighted by molar-refractivity contribution is -0.126. The van der Waals surface area contributed by atoms with Crippen molar-refractivity contribution in [2.75, 3.05) is 0 Å². The van der Waals surface area contributed by atoms with E-state index in [0.29, 0.717) is 30.1 Å². The van der Waals surface area contributed by atoms with Crippen LogP contribution < -0.4 is 5.32 Å². The molecule has 0 radical (unpaired) electrons. The van der Waals surface area contributed by atoms with Gasteiger partial charge in [0.25, 0.3) is 0 Å². The number of ketones is 1. The first-order valence-electron chi connectivity index (χ1n) is 8.14. The number of rotatable bonds is 7. The van der Waals surface area contributed by atoms with E-state index in [2.05, 4.69) is 46.9 Å². The maximum absolute atomic E-state index is 12.1. The van der Waals surface area contributed by atoms with Gasteiger partial charge in [-0.3, -0.25) is 4.79 Å². The fourth-order valence-corrected chi connectivity index (χ4v) is 2.26. The van der Waals surface area contributed by atoms with E-state index in [1.807, 2.05) is 20.8 Å². The summed E-state index contributed by atoms with van der Waals surface area (Å²) in [5.41, 5.74) is -0.109. The molecule has 0 aliphatic rings. The van der Waals surface area contributed by atoms with E-state index < -0.39 is 0 Å². The van der Waals surface area contributed by atoms with E-state index in [1.165, 1.54) is 0 Å². The van der Waals surface area contributed by atoms with Crippen LogP contribution in [0.1, 0.15) is 81.6 Å². The maximum Gasteiger partial charge on any atom is 0.138 e. The highest BCUT2D eigenvalue weighted by Crippen LogP contribution is 2.23. The first kappa shape index (κ1) is 19.6. The lowest BCUT2D eigenvalue weighted by Crippen LogP contribution is -2.45. The van der Waals surface area contributed by atoms with Crippen LogP contribution in [0.3, 0.4) is 0 Å². The SMILES string of the molecule is CC(C)C(C)CC(CCC(=O)C(C)(C)C)NC(C)(C)C. The highest BCUT2D eigenvalue weighted by molar-refractivity contribution is 5.83. The number of Topliss-reactive ketones (excluding diaryl/α,β-unsaturated/α-hetero) is 1. The lowest BCUT2D eigenvalue weighted by atomic mass is 9.84. The molecule has 2 atom stereocenters. The topological polar surface area (TPSA) is 29.1 Å². The van der Waals surface area contributed by atoms with Gasteiger partial charge in [0.15, 0.2) is 0 Å². The molecular formula is C18H37NO. The molecule has 0 spiro atoms. The fourth-order valence-electron chi connectivity index (χ4n) is 2.26. The first-order valence-corrected chi connectivity index (χ1v) is 8.14. The Morgan fingerprint density at radius 2 is 1.50 bits per heavy atom. The molecule has 0 fully saturated rings. The van der Waals surface area contributed by atoms with Crippen molar-refractivity contribution in [2.24, 2.45) is 17.3 Å². The van der Waals surface area contributed by atoms with Crippen molar-refractivity contribution >= 4 is 5.78 Å². The Bertz CT molecular complexity index is 294. The summed E-state index contributed by atoms with van der Waals surface area (Å²) in [4.78, 5) is 12.1. The predicted octanol–water partition coefficient (Wildman–Crippen LogP) is 4.82. The molecule has 0 heterocycles. The zero-order valence-electron chi connectivity index (χ0n) is 15.3. The number of hydrogen-bond acceptors (Lipinski definition) is 2. The van der Waals surface area contributed by atoms with E-state index in [1.54, 1.807) is 0 Å². The second-order valence-corrected chi connectivity index (χ2v) is 8.76. The van der Waals surface area contributed by atoms with Crippen molar-refractivity contribution in [1.29, 1.82) is 0 Å². The van der Waals surface area contributed by atoms with E-state index in [9.17, 15) is 4.79 Å². The molecule has 0 saturated carbocycles. The summed E-state index contributed by atoms with van der Waals surface area (Å²) in [6, 6.07) is 0.429. The van der Waals surface area contributed by atoms with Crippen LogP contribution in [0.2, 0.25) is 0 Å². The first-order chi connectivity index (χ1) is 8.83. The van der Waals surface area contributed by atoms with E-state index in [4.69, 9.17) is 0 Å². The third-order valence-corrected chi connectivity index (χ3v) is 3.99. The Balaban J connectivity index is 4.58. The molecule has 0 bridgehead atoms. The Hall–Kier alpha value is -0.370. The van der Waals surface area contributed by atoms with Crippen molar-refractivity contribution in [2.45, 2.75) is 93.2 Å². The van der Waals surface area contributed by atoms with Crippen molar-refractivity contribution < 1.29 is 4.79 Å². The number of carbonyl (C=O) groups is 1. The molecular weight excluding hydrogens is 246 g/mol. The second kappa shape index (κ2) is 7.59. The van der Waals surface area contributed by atoms with E-state index >= 15 is 0 Å². The summed E-state index contributed by atoms with van der Waals surface area (Å²) in [5.74, 6) is 1.74. The molecule has 2 unspecified atom stereocenters.